The minimum absolute atomic E-state index is 0.385. The molecule has 0 aliphatic carbocycles. The molecule has 1 aliphatic heterocycles. The van der Waals surface area contributed by atoms with Gasteiger partial charge in [-0.1, -0.05) is 12.1 Å². The van der Waals surface area contributed by atoms with Gasteiger partial charge in [0.25, 0.3) is 0 Å². The lowest BCUT2D eigenvalue weighted by Crippen LogP contribution is -2.38. The van der Waals surface area contributed by atoms with Crippen LogP contribution in [0.2, 0.25) is 0 Å². The Morgan fingerprint density at radius 2 is 2.32 bits per heavy atom. The van der Waals surface area contributed by atoms with E-state index in [4.69, 9.17) is 5.73 Å². The lowest BCUT2D eigenvalue weighted by Gasteiger charge is -2.10. The molecule has 1 amide bonds. The number of benzene rings is 1. The number of primary amides is 1. The molecule has 5 nitrogen and oxygen atoms in total. The molecule has 0 fully saturated rings. The summed E-state index contributed by atoms with van der Waals surface area (Å²) in [4.78, 5) is 15.5. The third kappa shape index (κ3) is 4.28. The van der Waals surface area contributed by atoms with E-state index in [0.717, 1.165) is 50.4 Å². The van der Waals surface area contributed by atoms with Crippen molar-refractivity contribution in [3.8, 4) is 0 Å². The maximum absolute atomic E-state index is 11.1. The van der Waals surface area contributed by atoms with Crippen LogP contribution in [0.15, 0.2) is 29.3 Å². The topological polar surface area (TPSA) is 79.5 Å². The van der Waals surface area contributed by atoms with Gasteiger partial charge in [-0.05, 0) is 37.0 Å². The zero-order chi connectivity index (χ0) is 13.5. The first kappa shape index (κ1) is 13.4. The van der Waals surface area contributed by atoms with E-state index in [1.807, 2.05) is 18.2 Å². The van der Waals surface area contributed by atoms with Crippen molar-refractivity contribution in [2.24, 2.45) is 10.7 Å². The molecule has 0 atom stereocenters. The molecule has 19 heavy (non-hydrogen) atoms. The molecule has 0 spiro atoms. The van der Waals surface area contributed by atoms with Crippen LogP contribution in [0, 0.1) is 0 Å². The van der Waals surface area contributed by atoms with Gasteiger partial charge in [-0.3, -0.25) is 9.79 Å². The highest BCUT2D eigenvalue weighted by Gasteiger charge is 2.03. The number of guanidine groups is 1. The second kappa shape index (κ2) is 6.78. The van der Waals surface area contributed by atoms with Crippen LogP contribution < -0.4 is 16.4 Å². The zero-order valence-corrected chi connectivity index (χ0v) is 11.0. The van der Waals surface area contributed by atoms with Crippen LogP contribution in [-0.2, 0) is 6.42 Å². The zero-order valence-electron chi connectivity index (χ0n) is 11.0. The average Bonchev–Trinajstić information content (AvgIpc) is 2.68. The van der Waals surface area contributed by atoms with E-state index in [0.29, 0.717) is 5.56 Å². The molecule has 2 rings (SSSR count). The molecule has 4 N–H and O–H groups in total. The summed E-state index contributed by atoms with van der Waals surface area (Å²) in [7, 11) is 0. The number of carbonyl (C=O) groups is 1. The quantitative estimate of drug-likeness (QED) is 0.744. The van der Waals surface area contributed by atoms with Gasteiger partial charge in [-0.15, -0.1) is 0 Å². The molecule has 1 aromatic carbocycles. The predicted octanol–water partition coefficient (Wildman–Crippen LogP) is 0.657. The third-order valence-corrected chi connectivity index (χ3v) is 3.06. The summed E-state index contributed by atoms with van der Waals surface area (Å²) < 4.78 is 0. The van der Waals surface area contributed by atoms with Crippen molar-refractivity contribution in [3.05, 3.63) is 35.4 Å². The Bertz CT molecular complexity index is 470. The van der Waals surface area contributed by atoms with E-state index in [-0.39, 0.29) is 5.91 Å². The predicted molar refractivity (Wildman–Crippen MR) is 76.2 cm³/mol. The second-order valence-electron chi connectivity index (χ2n) is 4.61. The normalized spacial score (nSPS) is 15.1. The van der Waals surface area contributed by atoms with E-state index >= 15 is 0 Å². The summed E-state index contributed by atoms with van der Waals surface area (Å²) in [6.07, 6.45) is 3.13. The maximum Gasteiger partial charge on any atom is 0.248 e. The van der Waals surface area contributed by atoms with Gasteiger partial charge in [0, 0.05) is 25.2 Å². The highest BCUT2D eigenvalue weighted by atomic mass is 16.1. The monoisotopic (exact) mass is 260 g/mol. The van der Waals surface area contributed by atoms with E-state index in [1.54, 1.807) is 6.07 Å². The van der Waals surface area contributed by atoms with Crippen molar-refractivity contribution < 1.29 is 4.79 Å². The molecule has 102 valence electrons. The Balaban J connectivity index is 1.83. The molecule has 1 aliphatic rings. The van der Waals surface area contributed by atoms with Gasteiger partial charge in [-0.2, -0.15) is 0 Å². The van der Waals surface area contributed by atoms with Gasteiger partial charge in [0.05, 0.1) is 0 Å². The molecular formula is C14H20N4O. The smallest absolute Gasteiger partial charge is 0.248 e. The van der Waals surface area contributed by atoms with Crippen molar-refractivity contribution in [3.63, 3.8) is 0 Å². The second-order valence-corrected chi connectivity index (χ2v) is 4.61. The first-order chi connectivity index (χ1) is 9.25. The van der Waals surface area contributed by atoms with Gasteiger partial charge in [0.1, 0.15) is 0 Å². The van der Waals surface area contributed by atoms with Gasteiger partial charge in [0.15, 0.2) is 5.96 Å². The van der Waals surface area contributed by atoms with E-state index in [1.165, 1.54) is 0 Å². The molecule has 0 aromatic heterocycles. The number of nitrogens with one attached hydrogen (secondary N) is 2. The molecule has 0 unspecified atom stereocenters. The molecule has 5 heteroatoms. The van der Waals surface area contributed by atoms with Crippen molar-refractivity contribution >= 4 is 11.9 Å². The van der Waals surface area contributed by atoms with Gasteiger partial charge in [-0.25, -0.2) is 0 Å². The van der Waals surface area contributed by atoms with Crippen molar-refractivity contribution in [1.29, 1.82) is 0 Å². The number of nitrogens with two attached hydrogens (primary N) is 1. The first-order valence-corrected chi connectivity index (χ1v) is 6.66. The Morgan fingerprint density at radius 3 is 3.16 bits per heavy atom. The largest absolute Gasteiger partial charge is 0.366 e. The first-order valence-electron chi connectivity index (χ1n) is 6.66. The maximum atomic E-state index is 11.1. The molecule has 1 aromatic rings. The number of aliphatic imine (C=N–C) groups is 1. The molecule has 0 saturated heterocycles. The summed E-state index contributed by atoms with van der Waals surface area (Å²) in [5, 5.41) is 6.54. The van der Waals surface area contributed by atoms with E-state index < -0.39 is 0 Å². The van der Waals surface area contributed by atoms with Crippen LogP contribution in [0.1, 0.15) is 28.8 Å². The Labute approximate surface area is 113 Å². The number of amides is 1. The summed E-state index contributed by atoms with van der Waals surface area (Å²) in [5.74, 6) is 0.494. The average molecular weight is 260 g/mol. The molecular weight excluding hydrogens is 240 g/mol. The minimum atomic E-state index is -0.385. The highest BCUT2D eigenvalue weighted by Crippen LogP contribution is 2.05. The Morgan fingerprint density at radius 1 is 1.42 bits per heavy atom. The molecule has 0 saturated carbocycles. The fourth-order valence-electron chi connectivity index (χ4n) is 2.01. The van der Waals surface area contributed by atoms with Crippen LogP contribution >= 0.6 is 0 Å². The number of hydrogen-bond acceptors (Lipinski definition) is 4. The number of rotatable bonds is 4. The van der Waals surface area contributed by atoms with Crippen molar-refractivity contribution in [2.45, 2.75) is 19.3 Å². The van der Waals surface area contributed by atoms with Gasteiger partial charge in [0.2, 0.25) is 5.91 Å². The van der Waals surface area contributed by atoms with Gasteiger partial charge < -0.3 is 16.4 Å². The number of carbonyl (C=O) groups excluding carboxylic acids is 1. The van der Waals surface area contributed by atoms with Crippen LogP contribution in [-0.4, -0.2) is 31.5 Å². The number of hydrogen-bond donors (Lipinski definition) is 3. The van der Waals surface area contributed by atoms with Crippen LogP contribution in [0.4, 0.5) is 0 Å². The molecule has 1 heterocycles. The summed E-state index contributed by atoms with van der Waals surface area (Å²) >= 11 is 0. The van der Waals surface area contributed by atoms with E-state index in [2.05, 4.69) is 15.6 Å². The fourth-order valence-corrected chi connectivity index (χ4v) is 2.01. The SMILES string of the molecule is NC(=O)c1cccc(CCNC2=NCCCCN2)c1. The summed E-state index contributed by atoms with van der Waals surface area (Å²) in [6.45, 7) is 2.64. The summed E-state index contributed by atoms with van der Waals surface area (Å²) in [5.41, 5.74) is 6.92. The lowest BCUT2D eigenvalue weighted by molar-refractivity contribution is 0.1000. The fraction of sp³-hybridized carbons (Fsp3) is 0.429. The Hall–Kier alpha value is -2.04. The number of nitrogens with zero attached hydrogens (tertiary/aromatic N) is 1. The molecule has 0 bridgehead atoms. The van der Waals surface area contributed by atoms with Crippen LogP contribution in [0.3, 0.4) is 0 Å². The molecule has 0 radical (unpaired) electrons. The van der Waals surface area contributed by atoms with E-state index in [9.17, 15) is 4.79 Å². The third-order valence-electron chi connectivity index (χ3n) is 3.06. The van der Waals surface area contributed by atoms with Crippen LogP contribution in [0.5, 0.6) is 0 Å². The standard InChI is InChI=1S/C14H20N4O/c15-13(19)12-5-3-4-11(10-12)6-9-18-14-16-7-1-2-8-17-14/h3-5,10H,1-2,6-9H2,(H2,15,19)(H2,16,17,18). The van der Waals surface area contributed by atoms with Crippen molar-refractivity contribution in [1.82, 2.24) is 10.6 Å². The summed E-state index contributed by atoms with van der Waals surface area (Å²) in [6, 6.07) is 7.43. The highest BCUT2D eigenvalue weighted by molar-refractivity contribution is 5.92. The minimum Gasteiger partial charge on any atom is -0.366 e. The lowest BCUT2D eigenvalue weighted by atomic mass is 10.1. The van der Waals surface area contributed by atoms with Crippen LogP contribution in [0.25, 0.3) is 0 Å². The Kier molecular flexibility index (Phi) is 4.78. The van der Waals surface area contributed by atoms with Gasteiger partial charge >= 0.3 is 0 Å². The van der Waals surface area contributed by atoms with Crippen molar-refractivity contribution in [2.75, 3.05) is 19.6 Å².